The highest BCUT2D eigenvalue weighted by Crippen LogP contribution is 2.35. The number of aromatic nitrogens is 2. The highest BCUT2D eigenvalue weighted by molar-refractivity contribution is 9.10. The third-order valence-corrected chi connectivity index (χ3v) is 5.91. The molecule has 140 valence electrons. The lowest BCUT2D eigenvalue weighted by molar-refractivity contribution is -0.128. The summed E-state index contributed by atoms with van der Waals surface area (Å²) in [5, 5.41) is 0.631. The van der Waals surface area contributed by atoms with E-state index < -0.39 is 5.25 Å². The molecular formula is C20H20BrN3O2S. The SMILES string of the molecule is CCn1c(S[C@H](C(=O)N(C)C)c2ccccc2)nc2ccc(Br)cc2c1=O. The maximum Gasteiger partial charge on any atom is 0.262 e. The zero-order valence-corrected chi connectivity index (χ0v) is 17.8. The predicted octanol–water partition coefficient (Wildman–Crippen LogP) is 4.10. The number of thioether (sulfide) groups is 1. The van der Waals surface area contributed by atoms with E-state index in [0.717, 1.165) is 10.0 Å². The van der Waals surface area contributed by atoms with Gasteiger partial charge in [0.25, 0.3) is 5.56 Å². The van der Waals surface area contributed by atoms with Crippen molar-refractivity contribution in [3.05, 3.63) is 68.9 Å². The van der Waals surface area contributed by atoms with Gasteiger partial charge in [-0.25, -0.2) is 4.98 Å². The molecule has 0 saturated heterocycles. The average molecular weight is 446 g/mol. The van der Waals surface area contributed by atoms with Crippen molar-refractivity contribution in [1.82, 2.24) is 14.5 Å². The molecule has 1 atom stereocenters. The molecule has 1 aromatic heterocycles. The van der Waals surface area contributed by atoms with E-state index in [1.54, 1.807) is 29.6 Å². The van der Waals surface area contributed by atoms with Crippen molar-refractivity contribution in [1.29, 1.82) is 0 Å². The molecule has 1 amide bonds. The standard InChI is InChI=1S/C20H20BrN3O2S/c1-4-24-18(25)15-12-14(21)10-11-16(15)22-20(24)27-17(19(26)23(2)3)13-8-6-5-7-9-13/h5-12,17H,4H2,1-3H3/t17-/m0/s1. The summed E-state index contributed by atoms with van der Waals surface area (Å²) >= 11 is 4.72. The molecule has 5 nitrogen and oxygen atoms in total. The Labute approximate surface area is 170 Å². The number of hydrogen-bond acceptors (Lipinski definition) is 4. The van der Waals surface area contributed by atoms with Gasteiger partial charge in [0.1, 0.15) is 5.25 Å². The van der Waals surface area contributed by atoms with Crippen LogP contribution in [-0.4, -0.2) is 34.5 Å². The van der Waals surface area contributed by atoms with Crippen LogP contribution in [0.3, 0.4) is 0 Å². The number of nitrogens with zero attached hydrogens (tertiary/aromatic N) is 3. The van der Waals surface area contributed by atoms with Crippen molar-refractivity contribution in [2.24, 2.45) is 0 Å². The maximum atomic E-state index is 12.9. The zero-order valence-electron chi connectivity index (χ0n) is 15.3. The third kappa shape index (κ3) is 4.09. The van der Waals surface area contributed by atoms with Crippen LogP contribution in [0.15, 0.2) is 63.0 Å². The molecule has 1 heterocycles. The van der Waals surface area contributed by atoms with Gasteiger partial charge in [-0.15, -0.1) is 0 Å². The van der Waals surface area contributed by atoms with E-state index in [2.05, 4.69) is 20.9 Å². The molecule has 0 saturated carbocycles. The molecule has 3 aromatic rings. The number of amides is 1. The minimum absolute atomic E-state index is 0.0426. The Morgan fingerprint density at radius 1 is 1.22 bits per heavy atom. The lowest BCUT2D eigenvalue weighted by atomic mass is 10.1. The van der Waals surface area contributed by atoms with E-state index in [0.29, 0.717) is 22.6 Å². The Kier molecular flexibility index (Phi) is 6.01. The van der Waals surface area contributed by atoms with E-state index in [1.807, 2.05) is 49.4 Å². The Balaban J connectivity index is 2.13. The van der Waals surface area contributed by atoms with Crippen LogP contribution in [0.1, 0.15) is 17.7 Å². The van der Waals surface area contributed by atoms with E-state index in [1.165, 1.54) is 11.8 Å². The first kappa shape index (κ1) is 19.6. The molecule has 0 aliphatic rings. The first-order chi connectivity index (χ1) is 12.9. The Bertz CT molecular complexity index is 1030. The molecule has 0 bridgehead atoms. The van der Waals surface area contributed by atoms with Gasteiger partial charge in [0, 0.05) is 25.1 Å². The van der Waals surface area contributed by atoms with Crippen LogP contribution in [-0.2, 0) is 11.3 Å². The molecular weight excluding hydrogens is 426 g/mol. The Hall–Kier alpha value is -2.12. The van der Waals surface area contributed by atoms with Gasteiger partial charge in [-0.1, -0.05) is 58.0 Å². The monoisotopic (exact) mass is 445 g/mol. The lowest BCUT2D eigenvalue weighted by Gasteiger charge is -2.21. The summed E-state index contributed by atoms with van der Waals surface area (Å²) < 4.78 is 2.46. The summed E-state index contributed by atoms with van der Waals surface area (Å²) in [6, 6.07) is 15.0. The van der Waals surface area contributed by atoms with E-state index in [-0.39, 0.29) is 11.5 Å². The summed E-state index contributed by atoms with van der Waals surface area (Å²) in [5.74, 6) is -0.0426. The summed E-state index contributed by atoms with van der Waals surface area (Å²) in [6.07, 6.45) is 0. The second-order valence-electron chi connectivity index (χ2n) is 6.25. The van der Waals surface area contributed by atoms with Gasteiger partial charge < -0.3 is 4.90 Å². The number of hydrogen-bond donors (Lipinski definition) is 0. The van der Waals surface area contributed by atoms with Crippen molar-refractivity contribution >= 4 is 44.5 Å². The fourth-order valence-corrected chi connectivity index (χ4v) is 4.44. The van der Waals surface area contributed by atoms with Crippen LogP contribution >= 0.6 is 27.7 Å². The Morgan fingerprint density at radius 3 is 2.56 bits per heavy atom. The minimum atomic E-state index is -0.473. The quantitative estimate of drug-likeness (QED) is 0.438. The molecule has 0 fully saturated rings. The predicted molar refractivity (Wildman–Crippen MR) is 113 cm³/mol. The topological polar surface area (TPSA) is 55.2 Å². The normalized spacial score (nSPS) is 12.1. The van der Waals surface area contributed by atoms with Crippen LogP contribution in [0.2, 0.25) is 0 Å². The molecule has 3 rings (SSSR count). The molecule has 0 aliphatic carbocycles. The number of fused-ring (bicyclic) bond motifs is 1. The summed E-state index contributed by atoms with van der Waals surface area (Å²) in [7, 11) is 3.47. The van der Waals surface area contributed by atoms with Crippen LogP contribution in [0, 0.1) is 0 Å². The zero-order chi connectivity index (χ0) is 19.6. The van der Waals surface area contributed by atoms with Crippen molar-refractivity contribution in [2.75, 3.05) is 14.1 Å². The third-order valence-electron chi connectivity index (χ3n) is 4.19. The first-order valence-corrected chi connectivity index (χ1v) is 10.2. The minimum Gasteiger partial charge on any atom is -0.348 e. The molecule has 27 heavy (non-hydrogen) atoms. The number of carbonyl (C=O) groups is 1. The fourth-order valence-electron chi connectivity index (χ4n) is 2.77. The fraction of sp³-hybridized carbons (Fsp3) is 0.250. The molecule has 2 aromatic carbocycles. The van der Waals surface area contributed by atoms with Crippen molar-refractivity contribution < 1.29 is 4.79 Å². The maximum absolute atomic E-state index is 12.9. The summed E-state index contributed by atoms with van der Waals surface area (Å²) in [4.78, 5) is 32.0. The lowest BCUT2D eigenvalue weighted by Crippen LogP contribution is -2.28. The van der Waals surface area contributed by atoms with E-state index in [4.69, 9.17) is 0 Å². The van der Waals surface area contributed by atoms with Crippen molar-refractivity contribution in [2.45, 2.75) is 23.9 Å². The van der Waals surface area contributed by atoms with Gasteiger partial charge in [0.15, 0.2) is 5.16 Å². The van der Waals surface area contributed by atoms with Crippen molar-refractivity contribution in [3.63, 3.8) is 0 Å². The number of likely N-dealkylation sites (N-methyl/N-ethyl adjacent to an activating group) is 1. The molecule has 0 N–H and O–H groups in total. The largest absolute Gasteiger partial charge is 0.348 e. The van der Waals surface area contributed by atoms with Gasteiger partial charge in [-0.3, -0.25) is 14.2 Å². The van der Waals surface area contributed by atoms with Gasteiger partial charge in [-0.05, 0) is 30.7 Å². The molecule has 7 heteroatoms. The number of carbonyl (C=O) groups excluding carboxylic acids is 1. The van der Waals surface area contributed by atoms with E-state index in [9.17, 15) is 9.59 Å². The highest BCUT2D eigenvalue weighted by atomic mass is 79.9. The Morgan fingerprint density at radius 2 is 1.93 bits per heavy atom. The molecule has 0 spiro atoms. The van der Waals surface area contributed by atoms with Crippen LogP contribution < -0.4 is 5.56 Å². The second-order valence-corrected chi connectivity index (χ2v) is 8.23. The first-order valence-electron chi connectivity index (χ1n) is 8.55. The molecule has 0 unspecified atom stereocenters. The molecule has 0 radical (unpaired) electrons. The van der Waals surface area contributed by atoms with Gasteiger partial charge >= 0.3 is 0 Å². The van der Waals surface area contributed by atoms with Gasteiger partial charge in [-0.2, -0.15) is 0 Å². The number of benzene rings is 2. The van der Waals surface area contributed by atoms with Crippen LogP contribution in [0.25, 0.3) is 10.9 Å². The van der Waals surface area contributed by atoms with Crippen LogP contribution in [0.5, 0.6) is 0 Å². The van der Waals surface area contributed by atoms with Gasteiger partial charge in [0.05, 0.1) is 10.9 Å². The second kappa shape index (κ2) is 8.27. The van der Waals surface area contributed by atoms with Crippen molar-refractivity contribution in [3.8, 4) is 0 Å². The highest BCUT2D eigenvalue weighted by Gasteiger charge is 2.26. The average Bonchev–Trinajstić information content (AvgIpc) is 2.67. The summed E-state index contributed by atoms with van der Waals surface area (Å²) in [5.41, 5.74) is 1.41. The molecule has 0 aliphatic heterocycles. The number of rotatable bonds is 5. The van der Waals surface area contributed by atoms with Crippen LogP contribution in [0.4, 0.5) is 0 Å². The van der Waals surface area contributed by atoms with Gasteiger partial charge in [0.2, 0.25) is 5.91 Å². The summed E-state index contributed by atoms with van der Waals surface area (Å²) in [6.45, 7) is 2.39. The van der Waals surface area contributed by atoms with E-state index >= 15 is 0 Å². The number of halogens is 1. The smallest absolute Gasteiger partial charge is 0.262 e.